The van der Waals surface area contributed by atoms with Crippen LogP contribution in [0.15, 0.2) is 29.2 Å². The molecule has 6 heteroatoms. The molecule has 0 aliphatic heterocycles. The molecule has 106 valence electrons. The molecule has 0 aliphatic carbocycles. The van der Waals surface area contributed by atoms with Crippen molar-refractivity contribution in [1.29, 1.82) is 0 Å². The molecule has 0 radical (unpaired) electrons. The zero-order valence-corrected chi connectivity index (χ0v) is 13.0. The summed E-state index contributed by atoms with van der Waals surface area (Å²) in [5.74, 6) is -0.521. The Bertz CT molecular complexity index is 576. The molecule has 1 rings (SSSR count). The number of sulfone groups is 1. The van der Waals surface area contributed by atoms with Crippen molar-refractivity contribution in [3.8, 4) is 0 Å². The molecule has 0 aliphatic rings. The number of hydrogen-bond acceptors (Lipinski definition) is 3. The SMILES string of the molecule is C[C@H](C(=O)NC(C)(C)C)S(=O)(=O)c1cccc(Cl)c1. The minimum atomic E-state index is -3.73. The maximum Gasteiger partial charge on any atom is 0.238 e. The summed E-state index contributed by atoms with van der Waals surface area (Å²) in [7, 11) is -3.73. The van der Waals surface area contributed by atoms with E-state index in [1.807, 2.05) is 0 Å². The molecule has 1 amide bonds. The molecule has 0 spiro atoms. The molecule has 19 heavy (non-hydrogen) atoms. The number of carbonyl (C=O) groups excluding carboxylic acids is 1. The highest BCUT2D eigenvalue weighted by Crippen LogP contribution is 2.20. The van der Waals surface area contributed by atoms with Crippen LogP contribution in [-0.4, -0.2) is 25.1 Å². The summed E-state index contributed by atoms with van der Waals surface area (Å²) < 4.78 is 24.6. The summed E-state index contributed by atoms with van der Waals surface area (Å²) in [6.45, 7) is 6.76. The Morgan fingerprint density at radius 1 is 1.32 bits per heavy atom. The fraction of sp³-hybridized carbons (Fsp3) is 0.462. The van der Waals surface area contributed by atoms with Crippen LogP contribution in [0, 0.1) is 0 Å². The normalized spacial score (nSPS) is 13.9. The van der Waals surface area contributed by atoms with Gasteiger partial charge < -0.3 is 5.32 Å². The van der Waals surface area contributed by atoms with Crippen molar-refractivity contribution in [3.63, 3.8) is 0 Å². The van der Waals surface area contributed by atoms with E-state index < -0.39 is 26.5 Å². The number of hydrogen-bond donors (Lipinski definition) is 1. The van der Waals surface area contributed by atoms with Gasteiger partial charge in [0.15, 0.2) is 9.84 Å². The lowest BCUT2D eigenvalue weighted by Gasteiger charge is -2.23. The van der Waals surface area contributed by atoms with Gasteiger partial charge in [-0.05, 0) is 45.9 Å². The first-order chi connectivity index (χ1) is 8.54. The Labute approximate surface area is 119 Å². The smallest absolute Gasteiger partial charge is 0.238 e. The quantitative estimate of drug-likeness (QED) is 0.932. The van der Waals surface area contributed by atoms with Gasteiger partial charge in [-0.3, -0.25) is 4.79 Å². The van der Waals surface area contributed by atoms with Gasteiger partial charge in [0.25, 0.3) is 0 Å². The van der Waals surface area contributed by atoms with Gasteiger partial charge in [0.2, 0.25) is 5.91 Å². The first kappa shape index (κ1) is 16.0. The lowest BCUT2D eigenvalue weighted by atomic mass is 10.1. The summed E-state index contributed by atoms with van der Waals surface area (Å²) in [6, 6.07) is 5.91. The third-order valence-corrected chi connectivity index (χ3v) is 4.75. The highest BCUT2D eigenvalue weighted by molar-refractivity contribution is 7.92. The largest absolute Gasteiger partial charge is 0.350 e. The van der Waals surface area contributed by atoms with E-state index in [1.165, 1.54) is 19.1 Å². The molecule has 0 bridgehead atoms. The molecule has 1 aromatic rings. The first-order valence-electron chi connectivity index (χ1n) is 5.85. The topological polar surface area (TPSA) is 63.2 Å². The Hall–Kier alpha value is -1.07. The van der Waals surface area contributed by atoms with Crippen LogP contribution in [0.5, 0.6) is 0 Å². The number of amides is 1. The van der Waals surface area contributed by atoms with Gasteiger partial charge in [0.05, 0.1) is 4.90 Å². The van der Waals surface area contributed by atoms with E-state index in [0.29, 0.717) is 5.02 Å². The van der Waals surface area contributed by atoms with Crippen LogP contribution in [0.2, 0.25) is 5.02 Å². The second-order valence-electron chi connectivity index (χ2n) is 5.38. The van der Waals surface area contributed by atoms with E-state index >= 15 is 0 Å². The Morgan fingerprint density at radius 3 is 2.37 bits per heavy atom. The van der Waals surface area contributed by atoms with E-state index in [2.05, 4.69) is 5.32 Å². The van der Waals surface area contributed by atoms with E-state index in [-0.39, 0.29) is 4.90 Å². The van der Waals surface area contributed by atoms with Crippen molar-refractivity contribution in [2.45, 2.75) is 43.4 Å². The third kappa shape index (κ3) is 4.21. The highest BCUT2D eigenvalue weighted by Gasteiger charge is 2.31. The molecule has 1 N–H and O–H groups in total. The highest BCUT2D eigenvalue weighted by atomic mass is 35.5. The Morgan fingerprint density at radius 2 is 1.89 bits per heavy atom. The standard InChI is InChI=1S/C13H18ClNO3S/c1-9(12(16)15-13(2,3)4)19(17,18)11-7-5-6-10(14)8-11/h5-9H,1-4H3,(H,15,16)/t9-/m1/s1. The van der Waals surface area contributed by atoms with Crippen LogP contribution in [0.3, 0.4) is 0 Å². The van der Waals surface area contributed by atoms with Crippen molar-refractivity contribution in [2.24, 2.45) is 0 Å². The zero-order valence-electron chi connectivity index (χ0n) is 11.4. The van der Waals surface area contributed by atoms with Gasteiger partial charge in [0, 0.05) is 10.6 Å². The predicted molar refractivity (Wildman–Crippen MR) is 76.0 cm³/mol. The molecular weight excluding hydrogens is 286 g/mol. The predicted octanol–water partition coefficient (Wildman–Crippen LogP) is 2.42. The van der Waals surface area contributed by atoms with E-state index in [0.717, 1.165) is 0 Å². The molecular formula is C13H18ClNO3S. The molecule has 4 nitrogen and oxygen atoms in total. The second kappa shape index (κ2) is 5.51. The fourth-order valence-corrected chi connectivity index (χ4v) is 3.02. The number of carbonyl (C=O) groups is 1. The maximum absolute atomic E-state index is 12.3. The lowest BCUT2D eigenvalue weighted by Crippen LogP contribution is -2.47. The van der Waals surface area contributed by atoms with Crippen molar-refractivity contribution in [3.05, 3.63) is 29.3 Å². The van der Waals surface area contributed by atoms with Crippen LogP contribution in [-0.2, 0) is 14.6 Å². The van der Waals surface area contributed by atoms with Gasteiger partial charge in [-0.2, -0.15) is 0 Å². The van der Waals surface area contributed by atoms with Gasteiger partial charge in [0.1, 0.15) is 5.25 Å². The molecule has 1 atom stereocenters. The van der Waals surface area contributed by atoms with Crippen LogP contribution in [0.1, 0.15) is 27.7 Å². The van der Waals surface area contributed by atoms with E-state index in [1.54, 1.807) is 32.9 Å². The molecule has 0 fully saturated rings. The van der Waals surface area contributed by atoms with Gasteiger partial charge in [-0.15, -0.1) is 0 Å². The Kier molecular flexibility index (Phi) is 4.63. The maximum atomic E-state index is 12.3. The number of benzene rings is 1. The fourth-order valence-electron chi connectivity index (χ4n) is 1.46. The van der Waals surface area contributed by atoms with Gasteiger partial charge in [-0.25, -0.2) is 8.42 Å². The average Bonchev–Trinajstić information content (AvgIpc) is 2.25. The zero-order chi connectivity index (χ0) is 14.8. The molecule has 0 unspecified atom stereocenters. The van der Waals surface area contributed by atoms with Crippen LogP contribution in [0.4, 0.5) is 0 Å². The summed E-state index contributed by atoms with van der Waals surface area (Å²) in [6.07, 6.45) is 0. The monoisotopic (exact) mass is 303 g/mol. The van der Waals surface area contributed by atoms with Gasteiger partial charge >= 0.3 is 0 Å². The summed E-state index contributed by atoms with van der Waals surface area (Å²) in [4.78, 5) is 12.0. The van der Waals surface area contributed by atoms with Gasteiger partial charge in [-0.1, -0.05) is 17.7 Å². The van der Waals surface area contributed by atoms with Crippen molar-refractivity contribution in [2.75, 3.05) is 0 Å². The third-order valence-electron chi connectivity index (χ3n) is 2.46. The average molecular weight is 304 g/mol. The van der Waals surface area contributed by atoms with Crippen molar-refractivity contribution >= 4 is 27.3 Å². The Balaban J connectivity index is 3.04. The number of rotatable bonds is 3. The summed E-state index contributed by atoms with van der Waals surface area (Å²) in [5, 5.41) is 1.82. The van der Waals surface area contributed by atoms with Crippen LogP contribution < -0.4 is 5.32 Å². The summed E-state index contributed by atoms with van der Waals surface area (Å²) in [5.41, 5.74) is -0.477. The van der Waals surface area contributed by atoms with Crippen molar-refractivity contribution < 1.29 is 13.2 Å². The number of nitrogens with one attached hydrogen (secondary N) is 1. The van der Waals surface area contributed by atoms with E-state index in [9.17, 15) is 13.2 Å². The van der Waals surface area contributed by atoms with Crippen molar-refractivity contribution in [1.82, 2.24) is 5.32 Å². The van der Waals surface area contributed by atoms with Crippen LogP contribution >= 0.6 is 11.6 Å². The second-order valence-corrected chi connectivity index (χ2v) is 8.09. The first-order valence-corrected chi connectivity index (χ1v) is 7.78. The van der Waals surface area contributed by atoms with E-state index in [4.69, 9.17) is 11.6 Å². The number of halogens is 1. The lowest BCUT2D eigenvalue weighted by molar-refractivity contribution is -0.121. The summed E-state index contributed by atoms with van der Waals surface area (Å²) >= 11 is 5.78. The molecule has 0 saturated carbocycles. The van der Waals surface area contributed by atoms with Crippen LogP contribution in [0.25, 0.3) is 0 Å². The minimum absolute atomic E-state index is 0.0524. The molecule has 0 aromatic heterocycles. The minimum Gasteiger partial charge on any atom is -0.350 e. The molecule has 0 heterocycles. The molecule has 0 saturated heterocycles. The molecule has 1 aromatic carbocycles.